The summed E-state index contributed by atoms with van der Waals surface area (Å²) in [5.41, 5.74) is 3.15. The van der Waals surface area contributed by atoms with Crippen molar-refractivity contribution in [2.75, 3.05) is 28.2 Å². The quantitative estimate of drug-likeness (QED) is 0.691. The lowest BCUT2D eigenvalue weighted by Gasteiger charge is -2.41. The van der Waals surface area contributed by atoms with Crippen molar-refractivity contribution in [1.29, 1.82) is 0 Å². The third-order valence-corrected chi connectivity index (χ3v) is 6.84. The van der Waals surface area contributed by atoms with Crippen molar-refractivity contribution < 1.29 is 4.58 Å². The fraction of sp³-hybridized carbons (Fsp3) is 0.875. The molecule has 4 unspecified atom stereocenters. The molecular weight excluding hydrogens is 266 g/mol. The summed E-state index contributed by atoms with van der Waals surface area (Å²) in [6, 6.07) is 1.36. The van der Waals surface area contributed by atoms with Crippen molar-refractivity contribution >= 4 is 23.2 Å². The number of rotatable bonds is 1. The summed E-state index contributed by atoms with van der Waals surface area (Å²) in [5.74, 6) is 0. The van der Waals surface area contributed by atoms with Crippen molar-refractivity contribution in [2.24, 2.45) is 4.99 Å². The summed E-state index contributed by atoms with van der Waals surface area (Å²) < 4.78 is 2.33. The van der Waals surface area contributed by atoms with Crippen molar-refractivity contribution in [1.82, 2.24) is 4.90 Å². The SMILES string of the molecule is CN(C)C1CCC2=NC3CCC(=[N+](C)C)CC3SC2C1. The van der Waals surface area contributed by atoms with Crippen molar-refractivity contribution in [3.05, 3.63) is 0 Å². The second-order valence-electron chi connectivity index (χ2n) is 6.95. The van der Waals surface area contributed by atoms with Gasteiger partial charge >= 0.3 is 0 Å². The van der Waals surface area contributed by atoms with Crippen LogP contribution < -0.4 is 0 Å². The van der Waals surface area contributed by atoms with E-state index in [-0.39, 0.29) is 0 Å². The minimum absolute atomic E-state index is 0.603. The van der Waals surface area contributed by atoms with E-state index in [0.717, 1.165) is 11.3 Å². The van der Waals surface area contributed by atoms with Gasteiger partial charge in [0.05, 0.1) is 6.04 Å². The van der Waals surface area contributed by atoms with Gasteiger partial charge in [0, 0.05) is 35.1 Å². The zero-order valence-corrected chi connectivity index (χ0v) is 14.1. The molecule has 2 aliphatic carbocycles. The minimum Gasteiger partial charge on any atom is -0.306 e. The lowest BCUT2D eigenvalue weighted by molar-refractivity contribution is -0.467. The summed E-state index contributed by atoms with van der Waals surface area (Å²) in [6.45, 7) is 0. The van der Waals surface area contributed by atoms with Gasteiger partial charge in [0.15, 0.2) is 5.71 Å². The second-order valence-corrected chi connectivity index (χ2v) is 8.39. The maximum Gasteiger partial charge on any atom is 0.153 e. The first kappa shape index (κ1) is 14.6. The Morgan fingerprint density at radius 2 is 2.00 bits per heavy atom. The van der Waals surface area contributed by atoms with E-state index in [1.54, 1.807) is 5.71 Å². The van der Waals surface area contributed by atoms with Gasteiger partial charge in [-0.15, -0.1) is 11.8 Å². The normalized spacial score (nSPS) is 37.2. The van der Waals surface area contributed by atoms with E-state index in [4.69, 9.17) is 4.99 Å². The first-order chi connectivity index (χ1) is 9.54. The third-order valence-electron chi connectivity index (χ3n) is 5.22. The molecule has 2 saturated carbocycles. The molecule has 0 aromatic rings. The highest BCUT2D eigenvalue weighted by molar-refractivity contribution is 8.01. The fourth-order valence-electron chi connectivity index (χ4n) is 3.81. The van der Waals surface area contributed by atoms with Gasteiger partial charge < -0.3 is 4.90 Å². The van der Waals surface area contributed by atoms with Crippen molar-refractivity contribution in [3.8, 4) is 0 Å². The molecule has 2 fully saturated rings. The number of hydrogen-bond acceptors (Lipinski definition) is 3. The molecule has 4 heteroatoms. The predicted octanol–water partition coefficient (Wildman–Crippen LogP) is 2.29. The van der Waals surface area contributed by atoms with E-state index in [1.165, 1.54) is 44.2 Å². The van der Waals surface area contributed by atoms with Gasteiger partial charge in [-0.25, -0.2) is 4.58 Å². The molecule has 4 atom stereocenters. The van der Waals surface area contributed by atoms with Gasteiger partial charge in [-0.2, -0.15) is 0 Å². The van der Waals surface area contributed by atoms with Crippen molar-refractivity contribution in [2.45, 2.75) is 61.1 Å². The van der Waals surface area contributed by atoms with Gasteiger partial charge in [0.25, 0.3) is 0 Å². The van der Waals surface area contributed by atoms with Crippen LogP contribution in [0.2, 0.25) is 0 Å². The number of aliphatic imine (C=N–C) groups is 1. The zero-order valence-electron chi connectivity index (χ0n) is 13.3. The standard InChI is InChI=1S/C16H28N3S/c1-18(2)11-5-7-13-15(9-11)20-16-10-12(19(3)4)6-8-14(16)17-13/h11,14-16H,5-10H2,1-4H3/q+1. The lowest BCUT2D eigenvalue weighted by Crippen LogP contribution is -2.45. The zero-order chi connectivity index (χ0) is 14.3. The van der Waals surface area contributed by atoms with Crippen molar-refractivity contribution in [3.63, 3.8) is 0 Å². The summed E-state index contributed by atoms with van der Waals surface area (Å²) in [5, 5.41) is 1.43. The molecule has 3 nitrogen and oxygen atoms in total. The number of fused-ring (bicyclic) bond motifs is 2. The molecule has 0 aromatic heterocycles. The Kier molecular flexibility index (Phi) is 4.23. The molecule has 1 aliphatic heterocycles. The average Bonchev–Trinajstić information content (AvgIpc) is 2.43. The third kappa shape index (κ3) is 2.82. The Balaban J connectivity index is 1.74. The average molecular weight is 294 g/mol. The minimum atomic E-state index is 0.603. The smallest absolute Gasteiger partial charge is 0.153 e. The molecule has 0 amide bonds. The van der Waals surface area contributed by atoms with Crippen LogP contribution in [0.5, 0.6) is 0 Å². The van der Waals surface area contributed by atoms with E-state index in [0.29, 0.717) is 11.3 Å². The number of nitrogens with zero attached hydrogens (tertiary/aromatic N) is 3. The maximum absolute atomic E-state index is 5.16. The topological polar surface area (TPSA) is 18.6 Å². The van der Waals surface area contributed by atoms with E-state index >= 15 is 0 Å². The molecular formula is C16H28N3S+. The monoisotopic (exact) mass is 294 g/mol. The molecule has 0 spiro atoms. The van der Waals surface area contributed by atoms with E-state index in [2.05, 4.69) is 49.4 Å². The first-order valence-electron chi connectivity index (χ1n) is 7.95. The first-order valence-corrected chi connectivity index (χ1v) is 8.89. The van der Waals surface area contributed by atoms with Crippen LogP contribution in [0, 0.1) is 0 Å². The highest BCUT2D eigenvalue weighted by atomic mass is 32.2. The van der Waals surface area contributed by atoms with Gasteiger partial charge in [-0.1, -0.05) is 0 Å². The summed E-state index contributed by atoms with van der Waals surface area (Å²) in [7, 11) is 8.84. The van der Waals surface area contributed by atoms with Crippen LogP contribution in [0.3, 0.4) is 0 Å². The van der Waals surface area contributed by atoms with Crippen LogP contribution >= 0.6 is 11.8 Å². The molecule has 0 bridgehead atoms. The summed E-state index contributed by atoms with van der Waals surface area (Å²) in [6.07, 6.45) is 7.59. The number of hydrogen-bond donors (Lipinski definition) is 0. The molecule has 0 radical (unpaired) electrons. The molecule has 1 heterocycles. The Hall–Kier alpha value is -0.350. The van der Waals surface area contributed by atoms with Crippen LogP contribution in [-0.4, -0.2) is 71.7 Å². The van der Waals surface area contributed by atoms with Crippen LogP contribution in [0.15, 0.2) is 4.99 Å². The molecule has 0 N–H and O–H groups in total. The van der Waals surface area contributed by atoms with Crippen LogP contribution in [-0.2, 0) is 0 Å². The van der Waals surface area contributed by atoms with E-state index < -0.39 is 0 Å². The van der Waals surface area contributed by atoms with Gasteiger partial charge in [0.1, 0.15) is 14.1 Å². The Morgan fingerprint density at radius 1 is 1.20 bits per heavy atom. The Bertz CT molecular complexity index is 437. The largest absolute Gasteiger partial charge is 0.306 e. The van der Waals surface area contributed by atoms with Crippen LogP contribution in [0.25, 0.3) is 0 Å². The molecule has 3 aliphatic rings. The van der Waals surface area contributed by atoms with Crippen LogP contribution in [0.4, 0.5) is 0 Å². The maximum atomic E-state index is 5.16. The molecule has 20 heavy (non-hydrogen) atoms. The fourth-order valence-corrected chi connectivity index (χ4v) is 5.57. The second kappa shape index (κ2) is 5.80. The molecule has 3 rings (SSSR count). The van der Waals surface area contributed by atoms with Gasteiger partial charge in [0.2, 0.25) is 0 Å². The molecule has 0 aromatic carbocycles. The summed E-state index contributed by atoms with van der Waals surface area (Å²) >= 11 is 2.24. The van der Waals surface area contributed by atoms with Gasteiger partial charge in [-0.3, -0.25) is 4.99 Å². The highest BCUT2D eigenvalue weighted by Gasteiger charge is 2.40. The highest BCUT2D eigenvalue weighted by Crippen LogP contribution is 2.41. The Labute approximate surface area is 127 Å². The Morgan fingerprint density at radius 3 is 2.70 bits per heavy atom. The molecule has 112 valence electrons. The number of thioether (sulfide) groups is 1. The van der Waals surface area contributed by atoms with Crippen LogP contribution in [0.1, 0.15) is 38.5 Å². The van der Waals surface area contributed by atoms with E-state index in [1.807, 2.05) is 0 Å². The lowest BCUT2D eigenvalue weighted by atomic mass is 9.89. The molecule has 0 saturated heterocycles. The van der Waals surface area contributed by atoms with E-state index in [9.17, 15) is 0 Å². The predicted molar refractivity (Wildman–Crippen MR) is 88.7 cm³/mol. The summed E-state index contributed by atoms with van der Waals surface area (Å²) in [4.78, 5) is 7.56. The van der Waals surface area contributed by atoms with Gasteiger partial charge in [-0.05, 0) is 39.8 Å².